The molecule has 0 saturated carbocycles. The molecule has 4 heteroatoms. The lowest BCUT2D eigenvalue weighted by Gasteiger charge is -2.07. The number of rotatable bonds is 5. The molecule has 0 spiro atoms. The number of carbonyl (C=O) groups is 1. The molecule has 1 aromatic rings. The van der Waals surface area contributed by atoms with Crippen LogP contribution >= 0.6 is 0 Å². The first-order valence-electron chi connectivity index (χ1n) is 5.77. The summed E-state index contributed by atoms with van der Waals surface area (Å²) in [7, 11) is 3.19. The quantitative estimate of drug-likeness (QED) is 0.814. The Balaban J connectivity index is 2.87. The van der Waals surface area contributed by atoms with Crippen molar-refractivity contribution in [2.75, 3.05) is 14.2 Å². The molecule has 0 saturated heterocycles. The monoisotopic (exact) mass is 249 g/mol. The normalized spacial score (nSPS) is 10.7. The largest absolute Gasteiger partial charge is 0.497 e. The number of hydrogen-bond donors (Lipinski definition) is 1. The average Bonchev–Trinajstić information content (AvgIpc) is 2.35. The van der Waals surface area contributed by atoms with Crippen LogP contribution in [0.25, 0.3) is 6.08 Å². The van der Waals surface area contributed by atoms with Gasteiger partial charge in [0, 0.05) is 17.7 Å². The highest BCUT2D eigenvalue weighted by Crippen LogP contribution is 2.24. The molecule has 98 valence electrons. The molecule has 0 aliphatic rings. The maximum absolute atomic E-state index is 11.5. The van der Waals surface area contributed by atoms with E-state index >= 15 is 0 Å². The van der Waals surface area contributed by atoms with Gasteiger partial charge in [0.25, 0.3) is 0 Å². The average molecular weight is 249 g/mol. The van der Waals surface area contributed by atoms with Gasteiger partial charge in [0.05, 0.1) is 14.2 Å². The summed E-state index contributed by atoms with van der Waals surface area (Å²) < 4.78 is 10.4. The highest BCUT2D eigenvalue weighted by atomic mass is 16.5. The molecule has 0 unspecified atom stereocenters. The molecule has 0 aromatic heterocycles. The Labute approximate surface area is 108 Å². The zero-order valence-corrected chi connectivity index (χ0v) is 11.2. The molecule has 0 fully saturated rings. The highest BCUT2D eigenvalue weighted by molar-refractivity contribution is 5.92. The van der Waals surface area contributed by atoms with Gasteiger partial charge >= 0.3 is 0 Å². The zero-order chi connectivity index (χ0) is 13.5. The number of hydrogen-bond acceptors (Lipinski definition) is 3. The van der Waals surface area contributed by atoms with E-state index in [0.29, 0.717) is 5.75 Å². The molecular weight excluding hydrogens is 230 g/mol. The molecule has 0 bridgehead atoms. The number of amides is 1. The van der Waals surface area contributed by atoms with E-state index in [1.54, 1.807) is 26.4 Å². The van der Waals surface area contributed by atoms with E-state index < -0.39 is 0 Å². The second-order valence-electron chi connectivity index (χ2n) is 4.10. The fourth-order valence-corrected chi connectivity index (χ4v) is 1.47. The fraction of sp³-hybridized carbons (Fsp3) is 0.357. The van der Waals surface area contributed by atoms with Gasteiger partial charge in [-0.15, -0.1) is 0 Å². The Kier molecular flexibility index (Phi) is 5.24. The standard InChI is InChI=1S/C14H19NO3/c1-10(2)15-14(16)8-5-11-9-12(17-3)6-7-13(11)18-4/h5-10H,1-4H3,(H,15,16). The Bertz CT molecular complexity index is 439. The lowest BCUT2D eigenvalue weighted by Crippen LogP contribution is -2.28. The van der Waals surface area contributed by atoms with E-state index in [0.717, 1.165) is 11.3 Å². The molecule has 0 aliphatic heterocycles. The molecule has 18 heavy (non-hydrogen) atoms. The van der Waals surface area contributed by atoms with Crippen LogP contribution in [0.15, 0.2) is 24.3 Å². The number of methoxy groups -OCH3 is 2. The highest BCUT2D eigenvalue weighted by Gasteiger charge is 2.03. The second-order valence-corrected chi connectivity index (χ2v) is 4.10. The molecular formula is C14H19NO3. The van der Waals surface area contributed by atoms with Crippen LogP contribution in [0.5, 0.6) is 11.5 Å². The van der Waals surface area contributed by atoms with Gasteiger partial charge in [0.1, 0.15) is 11.5 Å². The fourth-order valence-electron chi connectivity index (χ4n) is 1.47. The number of benzene rings is 1. The van der Waals surface area contributed by atoms with Crippen LogP contribution < -0.4 is 14.8 Å². The Morgan fingerprint density at radius 1 is 1.28 bits per heavy atom. The molecule has 0 heterocycles. The molecule has 1 N–H and O–H groups in total. The first-order valence-corrected chi connectivity index (χ1v) is 5.77. The number of carbonyl (C=O) groups excluding carboxylic acids is 1. The van der Waals surface area contributed by atoms with Crippen molar-refractivity contribution in [2.45, 2.75) is 19.9 Å². The summed E-state index contributed by atoms with van der Waals surface area (Å²) in [6.45, 7) is 3.83. The maximum Gasteiger partial charge on any atom is 0.244 e. The lowest BCUT2D eigenvalue weighted by atomic mass is 10.1. The van der Waals surface area contributed by atoms with Gasteiger partial charge < -0.3 is 14.8 Å². The Hall–Kier alpha value is -1.97. The summed E-state index contributed by atoms with van der Waals surface area (Å²) in [5.41, 5.74) is 0.802. The lowest BCUT2D eigenvalue weighted by molar-refractivity contribution is -0.116. The van der Waals surface area contributed by atoms with Crippen molar-refractivity contribution in [3.63, 3.8) is 0 Å². The van der Waals surface area contributed by atoms with E-state index in [9.17, 15) is 4.79 Å². The van der Waals surface area contributed by atoms with Gasteiger partial charge in [-0.05, 0) is 38.1 Å². The first-order chi connectivity index (χ1) is 8.56. The van der Waals surface area contributed by atoms with Gasteiger partial charge in [0.15, 0.2) is 0 Å². The topological polar surface area (TPSA) is 47.6 Å². The van der Waals surface area contributed by atoms with E-state index in [2.05, 4.69) is 5.32 Å². The van der Waals surface area contributed by atoms with Crippen molar-refractivity contribution in [1.29, 1.82) is 0 Å². The number of nitrogens with one attached hydrogen (secondary N) is 1. The molecule has 1 amide bonds. The van der Waals surface area contributed by atoms with Gasteiger partial charge in [-0.3, -0.25) is 4.79 Å². The van der Waals surface area contributed by atoms with Crippen LogP contribution in [0.4, 0.5) is 0 Å². The summed E-state index contributed by atoms with van der Waals surface area (Å²) in [5.74, 6) is 1.29. The minimum absolute atomic E-state index is 0.120. The maximum atomic E-state index is 11.5. The summed E-state index contributed by atoms with van der Waals surface area (Å²) >= 11 is 0. The van der Waals surface area contributed by atoms with Crippen molar-refractivity contribution >= 4 is 12.0 Å². The van der Waals surface area contributed by atoms with Crippen LogP contribution in [-0.4, -0.2) is 26.2 Å². The van der Waals surface area contributed by atoms with Crippen LogP contribution in [0.1, 0.15) is 19.4 Å². The van der Waals surface area contributed by atoms with Gasteiger partial charge in [-0.2, -0.15) is 0 Å². The van der Waals surface area contributed by atoms with Crippen LogP contribution in [0.3, 0.4) is 0 Å². The van der Waals surface area contributed by atoms with E-state index in [1.807, 2.05) is 26.0 Å². The summed E-state index contributed by atoms with van der Waals surface area (Å²) in [4.78, 5) is 11.5. The molecule has 0 atom stereocenters. The third kappa shape index (κ3) is 4.13. The predicted octanol–water partition coefficient (Wildman–Crippen LogP) is 2.24. The SMILES string of the molecule is COc1ccc(OC)c(C=CC(=O)NC(C)C)c1. The van der Waals surface area contributed by atoms with E-state index in [4.69, 9.17) is 9.47 Å². The van der Waals surface area contributed by atoms with Gasteiger partial charge in [-0.25, -0.2) is 0 Å². The van der Waals surface area contributed by atoms with Crippen molar-refractivity contribution in [3.8, 4) is 11.5 Å². The van der Waals surface area contributed by atoms with Crippen LogP contribution in [0, 0.1) is 0 Å². The minimum Gasteiger partial charge on any atom is -0.497 e. The summed E-state index contributed by atoms with van der Waals surface area (Å²) in [6.07, 6.45) is 3.19. The van der Waals surface area contributed by atoms with Crippen molar-refractivity contribution < 1.29 is 14.3 Å². The molecule has 4 nitrogen and oxygen atoms in total. The summed E-state index contributed by atoms with van der Waals surface area (Å²) in [6, 6.07) is 5.55. The van der Waals surface area contributed by atoms with E-state index in [-0.39, 0.29) is 11.9 Å². The molecule has 1 rings (SSSR count). The van der Waals surface area contributed by atoms with Crippen molar-refractivity contribution in [3.05, 3.63) is 29.8 Å². The Morgan fingerprint density at radius 2 is 2.00 bits per heavy atom. The van der Waals surface area contributed by atoms with E-state index in [1.165, 1.54) is 6.08 Å². The number of ether oxygens (including phenoxy) is 2. The minimum atomic E-state index is -0.130. The predicted molar refractivity (Wildman–Crippen MR) is 71.9 cm³/mol. The van der Waals surface area contributed by atoms with Crippen LogP contribution in [0.2, 0.25) is 0 Å². The zero-order valence-electron chi connectivity index (χ0n) is 11.2. The first kappa shape index (κ1) is 14.1. The van der Waals surface area contributed by atoms with Gasteiger partial charge in [-0.1, -0.05) is 0 Å². The third-order valence-corrected chi connectivity index (χ3v) is 2.28. The Morgan fingerprint density at radius 3 is 2.56 bits per heavy atom. The smallest absolute Gasteiger partial charge is 0.244 e. The molecule has 0 radical (unpaired) electrons. The van der Waals surface area contributed by atoms with Gasteiger partial charge in [0.2, 0.25) is 5.91 Å². The second kappa shape index (κ2) is 6.69. The van der Waals surface area contributed by atoms with Crippen LogP contribution in [-0.2, 0) is 4.79 Å². The third-order valence-electron chi connectivity index (χ3n) is 2.28. The summed E-state index contributed by atoms with van der Waals surface area (Å²) in [5, 5.41) is 2.78. The molecule has 1 aromatic carbocycles. The van der Waals surface area contributed by atoms with Crippen molar-refractivity contribution in [2.24, 2.45) is 0 Å². The molecule has 0 aliphatic carbocycles. The van der Waals surface area contributed by atoms with Crippen molar-refractivity contribution in [1.82, 2.24) is 5.32 Å².